The first-order chi connectivity index (χ1) is 27.6. The molecule has 0 spiro atoms. The van der Waals surface area contributed by atoms with Gasteiger partial charge in [0.1, 0.15) is 48.8 Å². The van der Waals surface area contributed by atoms with Gasteiger partial charge >= 0.3 is 0 Å². The van der Waals surface area contributed by atoms with E-state index in [1.165, 1.54) is 64.2 Å². The Morgan fingerprint density at radius 3 is 1.67 bits per heavy atom. The average molecular weight is 820 g/mol. The van der Waals surface area contributed by atoms with Crippen LogP contribution in [0.15, 0.2) is 12.2 Å². The SMILES string of the molecule is CCCCCCCC/C=C\CCCCCCCC(=O)NC(COC1OC(CO)C(OC2OC(CO)C(O)C(O)C2O)C(O)C1O)C(O)CCCCCCCCCC. The Balaban J connectivity index is 1.87. The number of carbonyl (C=O) groups is 1. The van der Waals surface area contributed by atoms with Crippen molar-refractivity contribution in [3.05, 3.63) is 12.2 Å². The summed E-state index contributed by atoms with van der Waals surface area (Å²) in [5, 5.41) is 86.4. The van der Waals surface area contributed by atoms with Crippen molar-refractivity contribution in [3.63, 3.8) is 0 Å². The molecule has 336 valence electrons. The molecule has 14 heteroatoms. The van der Waals surface area contributed by atoms with Gasteiger partial charge in [0.05, 0.1) is 32.0 Å². The van der Waals surface area contributed by atoms with E-state index in [1.54, 1.807) is 0 Å². The number of aliphatic hydroxyl groups is 8. The predicted octanol–water partition coefficient (Wildman–Crippen LogP) is 4.04. The molecule has 9 N–H and O–H groups in total. The van der Waals surface area contributed by atoms with Gasteiger partial charge in [-0.25, -0.2) is 0 Å². The Hall–Kier alpha value is -1.27. The van der Waals surface area contributed by atoms with Crippen molar-refractivity contribution in [1.82, 2.24) is 5.32 Å². The molecule has 2 heterocycles. The van der Waals surface area contributed by atoms with Crippen LogP contribution in [-0.2, 0) is 23.7 Å². The summed E-state index contributed by atoms with van der Waals surface area (Å²) in [5.74, 6) is -0.220. The molecule has 0 radical (unpaired) electrons. The van der Waals surface area contributed by atoms with Gasteiger partial charge in [-0.3, -0.25) is 4.79 Å². The van der Waals surface area contributed by atoms with Gasteiger partial charge < -0.3 is 65.1 Å². The average Bonchev–Trinajstić information content (AvgIpc) is 3.21. The summed E-state index contributed by atoms with van der Waals surface area (Å²) < 4.78 is 22.6. The Bertz CT molecular complexity index is 1020. The molecule has 0 aliphatic carbocycles. The third kappa shape index (κ3) is 20.2. The molecule has 57 heavy (non-hydrogen) atoms. The van der Waals surface area contributed by atoms with Crippen molar-refractivity contribution in [2.45, 2.75) is 235 Å². The summed E-state index contributed by atoms with van der Waals surface area (Å²) in [6, 6.07) is -0.825. The van der Waals surface area contributed by atoms with Crippen LogP contribution in [0.5, 0.6) is 0 Å². The first-order valence-electron chi connectivity index (χ1n) is 22.4. The fraction of sp³-hybridized carbons (Fsp3) is 0.930. The second-order valence-electron chi connectivity index (χ2n) is 16.2. The Morgan fingerprint density at radius 1 is 0.614 bits per heavy atom. The number of hydrogen-bond donors (Lipinski definition) is 9. The number of hydrogen-bond acceptors (Lipinski definition) is 13. The van der Waals surface area contributed by atoms with E-state index in [9.17, 15) is 45.6 Å². The Kier molecular flexibility index (Phi) is 28.7. The number of aliphatic hydroxyl groups excluding tert-OH is 8. The molecular formula is C43H81NO13. The molecule has 0 aromatic heterocycles. The van der Waals surface area contributed by atoms with Gasteiger partial charge in [0.25, 0.3) is 0 Å². The van der Waals surface area contributed by atoms with Crippen LogP contribution in [0.1, 0.15) is 162 Å². The summed E-state index contributed by atoms with van der Waals surface area (Å²) in [6.07, 6.45) is 12.4. The third-order valence-corrected chi connectivity index (χ3v) is 11.2. The van der Waals surface area contributed by atoms with Gasteiger partial charge in [0.15, 0.2) is 12.6 Å². The van der Waals surface area contributed by atoms with Crippen molar-refractivity contribution in [1.29, 1.82) is 0 Å². The van der Waals surface area contributed by atoms with Crippen molar-refractivity contribution in [2.24, 2.45) is 0 Å². The Morgan fingerprint density at radius 2 is 1.11 bits per heavy atom. The van der Waals surface area contributed by atoms with Crippen LogP contribution >= 0.6 is 0 Å². The first kappa shape index (κ1) is 51.9. The number of ether oxygens (including phenoxy) is 4. The minimum absolute atomic E-state index is 0.220. The normalized spacial score (nSPS) is 29.2. The van der Waals surface area contributed by atoms with Crippen molar-refractivity contribution in [3.8, 4) is 0 Å². The van der Waals surface area contributed by atoms with Gasteiger partial charge in [0.2, 0.25) is 5.91 Å². The molecule has 14 nitrogen and oxygen atoms in total. The molecule has 0 saturated carbocycles. The highest BCUT2D eigenvalue weighted by Crippen LogP contribution is 2.30. The number of rotatable bonds is 33. The van der Waals surface area contributed by atoms with Gasteiger partial charge in [-0.2, -0.15) is 0 Å². The van der Waals surface area contributed by atoms with Crippen LogP contribution in [0.4, 0.5) is 0 Å². The molecule has 0 bridgehead atoms. The van der Waals surface area contributed by atoms with Gasteiger partial charge in [0, 0.05) is 6.42 Å². The monoisotopic (exact) mass is 820 g/mol. The number of carbonyl (C=O) groups excluding carboxylic acids is 1. The number of nitrogens with one attached hydrogen (secondary N) is 1. The van der Waals surface area contributed by atoms with Crippen LogP contribution in [0.2, 0.25) is 0 Å². The standard InChI is InChI=1S/C43H81NO13/c1-3-5-7-9-11-13-14-15-16-17-18-19-21-23-25-27-35(48)44-31(32(47)26-24-22-20-12-10-8-6-4-2)30-54-42-40(53)38(51)41(34(29-46)56-42)57-43-39(52)37(50)36(49)33(28-45)55-43/h15-16,31-34,36-43,45-47,49-53H,3-14,17-30H2,1-2H3,(H,44,48)/b16-15-. The van der Waals surface area contributed by atoms with Crippen LogP contribution in [0.3, 0.4) is 0 Å². The molecule has 0 aromatic carbocycles. The lowest BCUT2D eigenvalue weighted by Gasteiger charge is -2.46. The largest absolute Gasteiger partial charge is 0.394 e. The number of amides is 1. The molecule has 2 rings (SSSR count). The van der Waals surface area contributed by atoms with Gasteiger partial charge in [-0.05, 0) is 38.5 Å². The van der Waals surface area contributed by atoms with E-state index in [-0.39, 0.29) is 12.5 Å². The minimum atomic E-state index is -1.78. The van der Waals surface area contributed by atoms with E-state index in [0.29, 0.717) is 19.3 Å². The van der Waals surface area contributed by atoms with Crippen LogP contribution < -0.4 is 5.32 Å². The number of allylic oxidation sites excluding steroid dienone is 2. The highest BCUT2D eigenvalue weighted by Gasteiger charge is 2.51. The zero-order valence-electron chi connectivity index (χ0n) is 35.1. The maximum Gasteiger partial charge on any atom is 0.220 e. The summed E-state index contributed by atoms with van der Waals surface area (Å²) >= 11 is 0. The van der Waals surface area contributed by atoms with Crippen LogP contribution in [0, 0.1) is 0 Å². The quantitative estimate of drug-likeness (QED) is 0.0337. The molecule has 2 fully saturated rings. The molecule has 12 unspecified atom stereocenters. The summed E-state index contributed by atoms with van der Waals surface area (Å²) in [4.78, 5) is 13.1. The van der Waals surface area contributed by atoms with Crippen molar-refractivity contribution >= 4 is 5.91 Å². The zero-order valence-corrected chi connectivity index (χ0v) is 35.1. The van der Waals surface area contributed by atoms with Gasteiger partial charge in [-0.15, -0.1) is 0 Å². The van der Waals surface area contributed by atoms with E-state index in [1.807, 2.05) is 0 Å². The Labute approximate surface area is 342 Å². The van der Waals surface area contributed by atoms with Crippen molar-refractivity contribution in [2.75, 3.05) is 19.8 Å². The highest BCUT2D eigenvalue weighted by atomic mass is 16.7. The molecule has 1 amide bonds. The van der Waals surface area contributed by atoms with Crippen molar-refractivity contribution < 1.29 is 64.6 Å². The fourth-order valence-corrected chi connectivity index (χ4v) is 7.46. The maximum atomic E-state index is 13.1. The molecule has 2 aliphatic rings. The maximum absolute atomic E-state index is 13.1. The van der Waals surface area contributed by atoms with E-state index in [4.69, 9.17) is 18.9 Å². The number of unbranched alkanes of at least 4 members (excludes halogenated alkanes) is 18. The molecular weight excluding hydrogens is 738 g/mol. The fourth-order valence-electron chi connectivity index (χ4n) is 7.46. The van der Waals surface area contributed by atoms with E-state index in [2.05, 4.69) is 31.3 Å². The van der Waals surface area contributed by atoms with E-state index < -0.39 is 86.8 Å². The van der Waals surface area contributed by atoms with E-state index in [0.717, 1.165) is 64.2 Å². The first-order valence-corrected chi connectivity index (χ1v) is 22.4. The summed E-state index contributed by atoms with van der Waals surface area (Å²) in [7, 11) is 0. The second kappa shape index (κ2) is 31.6. The lowest BCUT2D eigenvalue weighted by Crippen LogP contribution is -2.65. The van der Waals surface area contributed by atoms with E-state index >= 15 is 0 Å². The minimum Gasteiger partial charge on any atom is -0.394 e. The third-order valence-electron chi connectivity index (χ3n) is 11.2. The molecule has 12 atom stereocenters. The molecule has 2 aliphatic heterocycles. The summed E-state index contributed by atoms with van der Waals surface area (Å²) in [5.41, 5.74) is 0. The topological polar surface area (TPSA) is 228 Å². The van der Waals surface area contributed by atoms with Crippen LogP contribution in [0.25, 0.3) is 0 Å². The summed E-state index contributed by atoms with van der Waals surface area (Å²) in [6.45, 7) is 2.77. The predicted molar refractivity (Wildman–Crippen MR) is 217 cm³/mol. The van der Waals surface area contributed by atoms with Crippen LogP contribution in [-0.4, -0.2) is 140 Å². The van der Waals surface area contributed by atoms with Gasteiger partial charge in [-0.1, -0.05) is 129 Å². The molecule has 2 saturated heterocycles. The molecule has 0 aromatic rings. The highest BCUT2D eigenvalue weighted by molar-refractivity contribution is 5.76. The zero-order chi connectivity index (χ0) is 41.8. The lowest BCUT2D eigenvalue weighted by atomic mass is 9.97. The lowest BCUT2D eigenvalue weighted by molar-refractivity contribution is -0.359. The second-order valence-corrected chi connectivity index (χ2v) is 16.2. The smallest absolute Gasteiger partial charge is 0.220 e.